The number of esters is 1. The first-order chi connectivity index (χ1) is 7.29. The molecule has 0 aliphatic heterocycles. The Balaban J connectivity index is 2.78. The van der Waals surface area contributed by atoms with E-state index in [9.17, 15) is 4.79 Å². The third kappa shape index (κ3) is 4.03. The molecule has 16 heavy (non-hydrogen) atoms. The molecule has 0 spiro atoms. The number of hydrogen-bond acceptors (Lipinski definition) is 2. The molecular weight excluding hydrogens is 247 g/mol. The van der Waals surface area contributed by atoms with E-state index in [0.29, 0.717) is 15.6 Å². The van der Waals surface area contributed by atoms with E-state index in [1.165, 1.54) is 6.42 Å². The predicted molar refractivity (Wildman–Crippen MR) is 65.7 cm³/mol. The zero-order valence-electron chi connectivity index (χ0n) is 9.38. The van der Waals surface area contributed by atoms with Gasteiger partial charge in [-0.25, -0.2) is 0 Å². The molecule has 1 aromatic carbocycles. The van der Waals surface area contributed by atoms with Gasteiger partial charge in [0.1, 0.15) is 12.0 Å². The molecule has 0 aliphatic rings. The van der Waals surface area contributed by atoms with E-state index < -0.39 is 11.6 Å². The maximum Gasteiger partial charge on any atom is 0.315 e. The van der Waals surface area contributed by atoms with Gasteiger partial charge in [-0.1, -0.05) is 29.3 Å². The second-order valence-electron chi connectivity index (χ2n) is 4.31. The maximum absolute atomic E-state index is 11.5. The molecule has 4 heteroatoms. The minimum atomic E-state index is -0.526. The monoisotopic (exact) mass is 259 g/mol. The highest BCUT2D eigenvalue weighted by molar-refractivity contribution is 6.36. The Morgan fingerprint density at radius 1 is 1.25 bits per heavy atom. The molecule has 1 aromatic rings. The Kier molecular flexibility index (Phi) is 4.22. The molecule has 0 bridgehead atoms. The van der Waals surface area contributed by atoms with E-state index in [0.717, 1.165) is 0 Å². The van der Waals surface area contributed by atoms with Crippen LogP contribution >= 0.6 is 23.2 Å². The van der Waals surface area contributed by atoms with E-state index in [2.05, 4.69) is 0 Å². The van der Waals surface area contributed by atoms with Crippen molar-refractivity contribution in [3.63, 3.8) is 0 Å². The predicted octanol–water partition coefficient (Wildman–Crippen LogP) is 3.89. The molecule has 0 saturated carbocycles. The van der Waals surface area contributed by atoms with Crippen molar-refractivity contribution in [2.75, 3.05) is 0 Å². The number of carbonyl (C=O) groups is 1. The molecule has 0 fully saturated rings. The number of ether oxygens (including phenoxy) is 1. The SMILES string of the molecule is CC(C)(C)OC(=O)[CH]c1c(Cl)cccc1Cl. The van der Waals surface area contributed by atoms with Crippen LogP contribution in [0, 0.1) is 6.42 Å². The van der Waals surface area contributed by atoms with Gasteiger partial charge in [0.25, 0.3) is 0 Å². The molecular formula is C12H13Cl2O2. The van der Waals surface area contributed by atoms with Gasteiger partial charge in [0.05, 0.1) is 0 Å². The molecule has 0 amide bonds. The lowest BCUT2D eigenvalue weighted by molar-refractivity contribution is -0.149. The summed E-state index contributed by atoms with van der Waals surface area (Å²) in [5.41, 5.74) is -0.0403. The van der Waals surface area contributed by atoms with Gasteiger partial charge in [-0.05, 0) is 32.9 Å². The molecule has 2 nitrogen and oxygen atoms in total. The molecule has 1 rings (SSSR count). The first-order valence-corrected chi connectivity index (χ1v) is 5.57. The number of hydrogen-bond donors (Lipinski definition) is 0. The molecule has 0 aliphatic carbocycles. The molecule has 87 valence electrons. The molecule has 0 unspecified atom stereocenters. The summed E-state index contributed by atoms with van der Waals surface area (Å²) in [5.74, 6) is -0.456. The Labute approximate surface area is 106 Å². The average Bonchev–Trinajstić information content (AvgIpc) is 2.08. The number of halogens is 2. The van der Waals surface area contributed by atoms with Crippen molar-refractivity contribution in [3.05, 3.63) is 40.2 Å². The van der Waals surface area contributed by atoms with Crippen molar-refractivity contribution in [3.8, 4) is 0 Å². The van der Waals surface area contributed by atoms with Crippen LogP contribution in [0.5, 0.6) is 0 Å². The van der Waals surface area contributed by atoms with Crippen LogP contribution in [0.1, 0.15) is 26.3 Å². The van der Waals surface area contributed by atoms with Crippen LogP contribution in [-0.2, 0) is 9.53 Å². The number of carbonyl (C=O) groups excluding carboxylic acids is 1. The van der Waals surface area contributed by atoms with Crippen molar-refractivity contribution in [1.82, 2.24) is 0 Å². The molecule has 0 saturated heterocycles. The fourth-order valence-corrected chi connectivity index (χ4v) is 1.60. The Hall–Kier alpha value is -0.730. The third-order valence-corrected chi connectivity index (χ3v) is 2.33. The zero-order chi connectivity index (χ0) is 12.3. The second-order valence-corrected chi connectivity index (χ2v) is 5.13. The fraction of sp³-hybridized carbons (Fsp3) is 0.333. The van der Waals surface area contributed by atoms with Crippen LogP contribution in [0.15, 0.2) is 18.2 Å². The van der Waals surface area contributed by atoms with E-state index in [4.69, 9.17) is 27.9 Å². The van der Waals surface area contributed by atoms with E-state index in [-0.39, 0.29) is 0 Å². The lowest BCUT2D eigenvalue weighted by Crippen LogP contribution is -2.24. The van der Waals surface area contributed by atoms with E-state index >= 15 is 0 Å². The summed E-state index contributed by atoms with van der Waals surface area (Å²) in [6, 6.07) is 5.06. The minimum Gasteiger partial charge on any atom is -0.459 e. The summed E-state index contributed by atoms with van der Waals surface area (Å²) in [7, 11) is 0. The van der Waals surface area contributed by atoms with Gasteiger partial charge in [-0.15, -0.1) is 0 Å². The van der Waals surface area contributed by atoms with Gasteiger partial charge in [0.2, 0.25) is 0 Å². The van der Waals surface area contributed by atoms with Gasteiger partial charge in [0.15, 0.2) is 0 Å². The van der Waals surface area contributed by atoms with Crippen LogP contribution in [0.2, 0.25) is 10.0 Å². The molecule has 1 radical (unpaired) electrons. The zero-order valence-corrected chi connectivity index (χ0v) is 10.9. The van der Waals surface area contributed by atoms with Crippen molar-refractivity contribution in [2.45, 2.75) is 26.4 Å². The third-order valence-electron chi connectivity index (χ3n) is 1.67. The first-order valence-electron chi connectivity index (χ1n) is 4.81. The summed E-state index contributed by atoms with van der Waals surface area (Å²) in [6.45, 7) is 5.40. The largest absolute Gasteiger partial charge is 0.459 e. The smallest absolute Gasteiger partial charge is 0.315 e. The standard InChI is InChI=1S/C12H13Cl2O2/c1-12(2,3)16-11(15)7-8-9(13)5-4-6-10(8)14/h4-7H,1-3H3. The molecule has 0 aromatic heterocycles. The van der Waals surface area contributed by atoms with Gasteiger partial charge < -0.3 is 4.74 Å². The van der Waals surface area contributed by atoms with Crippen LogP contribution in [0.25, 0.3) is 0 Å². The second kappa shape index (κ2) is 5.07. The van der Waals surface area contributed by atoms with Crippen molar-refractivity contribution >= 4 is 29.2 Å². The Morgan fingerprint density at radius 3 is 2.19 bits per heavy atom. The number of rotatable bonds is 2. The summed E-state index contributed by atoms with van der Waals surface area (Å²) < 4.78 is 5.14. The topological polar surface area (TPSA) is 26.3 Å². The van der Waals surface area contributed by atoms with Crippen molar-refractivity contribution in [2.24, 2.45) is 0 Å². The van der Waals surface area contributed by atoms with Gasteiger partial charge in [-0.2, -0.15) is 0 Å². The van der Waals surface area contributed by atoms with Crippen molar-refractivity contribution < 1.29 is 9.53 Å². The normalized spacial score (nSPS) is 11.3. The summed E-state index contributed by atoms with van der Waals surface area (Å²) in [6.07, 6.45) is 1.30. The fourth-order valence-electron chi connectivity index (χ4n) is 1.10. The minimum absolute atomic E-state index is 0.429. The molecule has 0 N–H and O–H groups in total. The van der Waals surface area contributed by atoms with Crippen molar-refractivity contribution in [1.29, 1.82) is 0 Å². The first kappa shape index (κ1) is 13.3. The lowest BCUT2D eigenvalue weighted by atomic mass is 10.1. The molecule has 0 heterocycles. The highest BCUT2D eigenvalue weighted by Gasteiger charge is 2.19. The highest BCUT2D eigenvalue weighted by Crippen LogP contribution is 2.26. The lowest BCUT2D eigenvalue weighted by Gasteiger charge is -2.19. The van der Waals surface area contributed by atoms with Gasteiger partial charge >= 0.3 is 5.97 Å². The van der Waals surface area contributed by atoms with Crippen LogP contribution in [0.3, 0.4) is 0 Å². The highest BCUT2D eigenvalue weighted by atomic mass is 35.5. The van der Waals surface area contributed by atoms with Crippen LogP contribution in [-0.4, -0.2) is 11.6 Å². The van der Waals surface area contributed by atoms with Gasteiger partial charge in [0, 0.05) is 15.6 Å². The van der Waals surface area contributed by atoms with E-state index in [1.54, 1.807) is 39.0 Å². The van der Waals surface area contributed by atoms with Gasteiger partial charge in [-0.3, -0.25) is 4.79 Å². The average molecular weight is 260 g/mol. The van der Waals surface area contributed by atoms with Crippen LogP contribution < -0.4 is 0 Å². The summed E-state index contributed by atoms with van der Waals surface area (Å²) >= 11 is 11.8. The Morgan fingerprint density at radius 2 is 1.75 bits per heavy atom. The maximum atomic E-state index is 11.5. The molecule has 0 atom stereocenters. The summed E-state index contributed by atoms with van der Waals surface area (Å²) in [5, 5.41) is 0.858. The summed E-state index contributed by atoms with van der Waals surface area (Å²) in [4.78, 5) is 11.5. The number of benzene rings is 1. The Bertz CT molecular complexity index is 374. The van der Waals surface area contributed by atoms with Crippen LogP contribution in [0.4, 0.5) is 0 Å². The quantitative estimate of drug-likeness (QED) is 0.754. The van der Waals surface area contributed by atoms with E-state index in [1.807, 2.05) is 0 Å².